The Labute approximate surface area is 54.6 Å². The summed E-state index contributed by atoms with van der Waals surface area (Å²) in [5, 5.41) is 0. The van der Waals surface area contributed by atoms with Gasteiger partial charge in [0.1, 0.15) is 0 Å². The van der Waals surface area contributed by atoms with E-state index >= 15 is 0 Å². The van der Waals surface area contributed by atoms with Crippen LogP contribution < -0.4 is 18.1 Å². The van der Waals surface area contributed by atoms with Gasteiger partial charge >= 0.3 is 5.91 Å². The maximum absolute atomic E-state index is 10.1. The molecule has 0 rings (SSSR count). The highest BCUT2D eigenvalue weighted by Crippen LogP contribution is 1.79. The van der Waals surface area contributed by atoms with E-state index in [2.05, 4.69) is 10.5 Å². The van der Waals surface area contributed by atoms with Crippen molar-refractivity contribution in [1.29, 1.82) is 0 Å². The van der Waals surface area contributed by atoms with Crippen molar-refractivity contribution in [1.82, 2.24) is 0 Å². The molecule has 3 nitrogen and oxygen atoms in total. The number of hydrogen-bond donors (Lipinski definition) is 1. The second-order valence-electron chi connectivity index (χ2n) is 1.34. The fourth-order valence-electron chi connectivity index (χ4n) is 0.131. The highest BCUT2D eigenvalue weighted by atomic mass is 35.5. The molecule has 0 saturated carbocycles. The lowest BCUT2D eigenvalue weighted by Gasteiger charge is -1.96. The maximum atomic E-state index is 10.1. The van der Waals surface area contributed by atoms with Crippen LogP contribution in [0.1, 0.15) is 6.92 Å². The Morgan fingerprint density at radius 3 is 2.12 bits per heavy atom. The number of methoxy groups -OCH3 is 1. The molecular formula is C4H10ClNO2. The van der Waals surface area contributed by atoms with E-state index < -0.39 is 0 Å². The quantitative estimate of drug-likeness (QED) is 0.422. The van der Waals surface area contributed by atoms with Crippen LogP contribution in [-0.4, -0.2) is 19.1 Å². The highest BCUT2D eigenvalue weighted by Gasteiger charge is 2.07. The molecule has 0 aromatic carbocycles. The van der Waals surface area contributed by atoms with Crippen molar-refractivity contribution < 1.29 is 27.7 Å². The van der Waals surface area contributed by atoms with Crippen LogP contribution in [0.3, 0.4) is 0 Å². The van der Waals surface area contributed by atoms with Crippen molar-refractivity contribution in [2.75, 3.05) is 7.11 Å². The van der Waals surface area contributed by atoms with Gasteiger partial charge in [-0.25, -0.2) is 4.79 Å². The number of ether oxygens (including phenoxy) is 1. The predicted octanol–water partition coefficient (Wildman–Crippen LogP) is -4.21. The second kappa shape index (κ2) is 5.03. The van der Waals surface area contributed by atoms with E-state index in [9.17, 15) is 4.79 Å². The Hall–Kier alpha value is -0.120. The molecule has 0 heterocycles. The van der Waals surface area contributed by atoms with Crippen molar-refractivity contribution in [3.8, 4) is 0 Å². The summed E-state index contributed by atoms with van der Waals surface area (Å²) in [6.07, 6.45) is -0.347. The number of rotatable bonds is 2. The normalized spacial score (nSPS) is 11.9. The minimum atomic E-state index is -0.347. The molecule has 8 heavy (non-hydrogen) atoms. The first-order chi connectivity index (χ1) is 3.18. The molecule has 0 aromatic rings. The number of halogens is 1. The molecule has 0 spiro atoms. The second-order valence-corrected chi connectivity index (χ2v) is 1.34. The van der Waals surface area contributed by atoms with Gasteiger partial charge in [0.05, 0.1) is 0 Å². The van der Waals surface area contributed by atoms with Crippen molar-refractivity contribution in [3.63, 3.8) is 0 Å². The molecule has 0 aliphatic rings. The van der Waals surface area contributed by atoms with Crippen LogP contribution in [0.2, 0.25) is 0 Å². The minimum absolute atomic E-state index is 0. The van der Waals surface area contributed by atoms with Crippen molar-refractivity contribution in [2.24, 2.45) is 0 Å². The summed E-state index contributed by atoms with van der Waals surface area (Å²) in [6, 6.07) is 0. The number of quaternary nitrogens is 1. The van der Waals surface area contributed by atoms with Gasteiger partial charge in [0.15, 0.2) is 6.10 Å². The van der Waals surface area contributed by atoms with Crippen LogP contribution in [0.25, 0.3) is 0 Å². The third-order valence-electron chi connectivity index (χ3n) is 0.807. The van der Waals surface area contributed by atoms with Gasteiger partial charge in [0.25, 0.3) is 0 Å². The van der Waals surface area contributed by atoms with E-state index in [1.54, 1.807) is 6.92 Å². The van der Waals surface area contributed by atoms with E-state index in [0.717, 1.165) is 0 Å². The average molecular weight is 140 g/mol. The molecule has 1 atom stereocenters. The fraction of sp³-hybridized carbons (Fsp3) is 0.750. The molecule has 1 amide bonds. The lowest BCUT2D eigenvalue weighted by Crippen LogP contribution is -3.00. The summed E-state index contributed by atoms with van der Waals surface area (Å²) in [5.41, 5.74) is 3.15. The monoisotopic (exact) mass is 139 g/mol. The number of carbonyl (C=O) groups is 1. The zero-order chi connectivity index (χ0) is 5.86. The van der Waals surface area contributed by atoms with E-state index in [1.165, 1.54) is 7.11 Å². The fourth-order valence-corrected chi connectivity index (χ4v) is 0.131. The third kappa shape index (κ3) is 4.05. The Morgan fingerprint density at radius 1 is 1.75 bits per heavy atom. The number of amides is 1. The Balaban J connectivity index is 0. The topological polar surface area (TPSA) is 53.9 Å². The van der Waals surface area contributed by atoms with Crippen LogP contribution in [0.5, 0.6) is 0 Å². The average Bonchev–Trinajstić information content (AvgIpc) is 1.65. The van der Waals surface area contributed by atoms with Gasteiger partial charge in [-0.1, -0.05) is 0 Å². The molecule has 50 valence electrons. The summed E-state index contributed by atoms with van der Waals surface area (Å²) < 4.78 is 4.60. The SMILES string of the molecule is CO[C@H](C)C([NH3+])=O.[Cl-]. The maximum Gasteiger partial charge on any atom is 0.337 e. The zero-order valence-electron chi connectivity index (χ0n) is 4.98. The molecule has 3 N–H and O–H groups in total. The predicted molar refractivity (Wildman–Crippen MR) is 24.4 cm³/mol. The van der Waals surface area contributed by atoms with Crippen LogP contribution in [0, 0.1) is 0 Å². The van der Waals surface area contributed by atoms with Gasteiger partial charge in [0, 0.05) is 7.11 Å². The summed E-state index contributed by atoms with van der Waals surface area (Å²) >= 11 is 0. The number of carbonyl (C=O) groups excluding carboxylic acids is 1. The van der Waals surface area contributed by atoms with Gasteiger partial charge in [-0.3, -0.25) is 5.73 Å². The van der Waals surface area contributed by atoms with Gasteiger partial charge in [-0.2, -0.15) is 0 Å². The Kier molecular flexibility index (Phi) is 6.78. The standard InChI is InChI=1S/C4H9NO2.ClH/c1-3(7-2)4(5)6;/h3H,1-2H3,(H2,5,6);1H/t3-;/m1./s1. The minimum Gasteiger partial charge on any atom is -1.00 e. The van der Waals surface area contributed by atoms with Crippen LogP contribution in [0.15, 0.2) is 0 Å². The molecule has 0 aliphatic carbocycles. The summed E-state index contributed by atoms with van der Waals surface area (Å²) in [7, 11) is 1.48. The van der Waals surface area contributed by atoms with Crippen LogP contribution >= 0.6 is 0 Å². The third-order valence-corrected chi connectivity index (χ3v) is 0.807. The van der Waals surface area contributed by atoms with Crippen molar-refractivity contribution in [3.05, 3.63) is 0 Å². The molecule has 0 aliphatic heterocycles. The smallest absolute Gasteiger partial charge is 0.337 e. The molecule has 0 aromatic heterocycles. The molecule has 0 fully saturated rings. The first-order valence-electron chi connectivity index (χ1n) is 2.07. The lowest BCUT2D eigenvalue weighted by atomic mass is 10.4. The molecule has 4 heteroatoms. The Morgan fingerprint density at radius 2 is 2.12 bits per heavy atom. The van der Waals surface area contributed by atoms with Crippen molar-refractivity contribution in [2.45, 2.75) is 13.0 Å². The van der Waals surface area contributed by atoms with Crippen LogP contribution in [0.4, 0.5) is 0 Å². The first-order valence-corrected chi connectivity index (χ1v) is 2.07. The summed E-state index contributed by atoms with van der Waals surface area (Å²) in [4.78, 5) is 10.1. The van der Waals surface area contributed by atoms with E-state index in [4.69, 9.17) is 0 Å². The number of hydrogen-bond acceptors (Lipinski definition) is 2. The molecule has 0 bridgehead atoms. The van der Waals surface area contributed by atoms with Crippen LogP contribution in [-0.2, 0) is 9.53 Å². The van der Waals surface area contributed by atoms with E-state index in [-0.39, 0.29) is 24.4 Å². The Bertz CT molecular complexity index is 76.4. The van der Waals surface area contributed by atoms with Gasteiger partial charge < -0.3 is 17.1 Å². The van der Waals surface area contributed by atoms with Crippen molar-refractivity contribution >= 4 is 5.91 Å². The van der Waals surface area contributed by atoms with Gasteiger partial charge in [-0.05, 0) is 6.92 Å². The molecule has 0 radical (unpaired) electrons. The molecular weight excluding hydrogens is 130 g/mol. The molecule has 0 unspecified atom stereocenters. The first kappa shape index (κ1) is 10.8. The molecule has 0 saturated heterocycles. The summed E-state index contributed by atoms with van der Waals surface area (Å²) in [5.74, 6) is -0.178. The van der Waals surface area contributed by atoms with Gasteiger partial charge in [0.2, 0.25) is 0 Å². The van der Waals surface area contributed by atoms with E-state index in [0.29, 0.717) is 0 Å². The van der Waals surface area contributed by atoms with E-state index in [1.807, 2.05) is 0 Å². The highest BCUT2D eigenvalue weighted by molar-refractivity contribution is 5.69. The summed E-state index contributed by atoms with van der Waals surface area (Å²) in [6.45, 7) is 1.66. The van der Waals surface area contributed by atoms with Gasteiger partial charge in [-0.15, -0.1) is 0 Å². The lowest BCUT2D eigenvalue weighted by molar-refractivity contribution is -0.315. The largest absolute Gasteiger partial charge is 1.00 e. The zero-order valence-corrected chi connectivity index (χ0v) is 5.73.